The van der Waals surface area contributed by atoms with Gasteiger partial charge in [-0.3, -0.25) is 4.79 Å². The molecule has 0 saturated carbocycles. The fourth-order valence-electron chi connectivity index (χ4n) is 0.448. The topological polar surface area (TPSA) is 61.5 Å². The third-order valence-corrected chi connectivity index (χ3v) is 1.91. The fraction of sp³-hybridized carbons (Fsp3) is 0.800. The van der Waals surface area contributed by atoms with Gasteiger partial charge in [0.2, 0.25) is 0 Å². The lowest BCUT2D eigenvalue weighted by Gasteiger charge is -2.00. The van der Waals surface area contributed by atoms with Crippen LogP contribution in [0.25, 0.3) is 0 Å². The Morgan fingerprint density at radius 3 is 2.90 bits per heavy atom. The molecule has 0 bridgehead atoms. The van der Waals surface area contributed by atoms with Crippen LogP contribution in [-0.2, 0) is 14.0 Å². The second kappa shape index (κ2) is 6.72. The number of hydrogen-bond donors (Lipinski definition) is 1. The summed E-state index contributed by atoms with van der Waals surface area (Å²) >= 11 is 0. The normalized spacial score (nSPS) is 10.6. The summed E-state index contributed by atoms with van der Waals surface area (Å²) in [5, 5.41) is 0. The molecule has 4 nitrogen and oxygen atoms in total. The first-order chi connectivity index (χ1) is 4.81. The molecule has 0 unspecified atom stereocenters. The van der Waals surface area contributed by atoms with Gasteiger partial charge < -0.3 is 14.9 Å². The maximum absolute atomic E-state index is 10.4. The summed E-state index contributed by atoms with van der Waals surface area (Å²) in [7, 11) is 1.22. The summed E-state index contributed by atoms with van der Waals surface area (Å²) in [5.74, 6) is -0.342. The van der Waals surface area contributed by atoms with Gasteiger partial charge in [-0.2, -0.15) is 0 Å². The molecule has 0 heterocycles. The highest BCUT2D eigenvalue weighted by atomic mass is 28.2. The molecule has 0 amide bonds. The van der Waals surface area contributed by atoms with Crippen LogP contribution in [0.3, 0.4) is 0 Å². The lowest BCUT2D eigenvalue weighted by atomic mass is 10.7. The van der Waals surface area contributed by atoms with E-state index in [4.69, 9.17) is 10.2 Å². The predicted molar refractivity (Wildman–Crippen MR) is 40.4 cm³/mol. The van der Waals surface area contributed by atoms with Crippen molar-refractivity contribution in [1.29, 1.82) is 0 Å². The quantitative estimate of drug-likeness (QED) is 0.309. The number of esters is 1. The van der Waals surface area contributed by atoms with Gasteiger partial charge in [0.25, 0.3) is 0 Å². The molecule has 0 saturated heterocycles. The minimum absolute atomic E-state index is 0.0332. The predicted octanol–water partition coefficient (Wildman–Crippen LogP) is -1.36. The van der Waals surface area contributed by atoms with E-state index in [0.29, 0.717) is 6.61 Å². The van der Waals surface area contributed by atoms with Crippen molar-refractivity contribution in [2.45, 2.75) is 6.04 Å². The summed E-state index contributed by atoms with van der Waals surface area (Å²) in [6.07, 6.45) is 0. The molecule has 0 radical (unpaired) electrons. The number of carbonyl (C=O) groups is 1. The van der Waals surface area contributed by atoms with Crippen LogP contribution in [0, 0.1) is 0 Å². The van der Waals surface area contributed by atoms with E-state index in [9.17, 15) is 4.79 Å². The lowest BCUT2D eigenvalue weighted by molar-refractivity contribution is -0.141. The zero-order valence-corrected chi connectivity index (χ0v) is 7.54. The van der Waals surface area contributed by atoms with Crippen molar-refractivity contribution in [3.63, 3.8) is 0 Å². The smallest absolute Gasteiger partial charge is 0.319 e. The van der Waals surface area contributed by atoms with Gasteiger partial charge in [0.05, 0.1) is 13.2 Å². The maximum Gasteiger partial charge on any atom is 0.319 e. The van der Waals surface area contributed by atoms with Gasteiger partial charge in [-0.05, 0) is 6.04 Å². The average molecular weight is 163 g/mol. The highest BCUT2D eigenvalue weighted by molar-refractivity contribution is 6.27. The number of ether oxygens (including phenoxy) is 1. The SMILES string of the molecule is CO[SiH2]CCOC(=O)CN. The Bertz CT molecular complexity index is 98.9. The second-order valence-corrected chi connectivity index (χ2v) is 3.46. The van der Waals surface area contributed by atoms with E-state index in [1.54, 1.807) is 7.11 Å². The van der Waals surface area contributed by atoms with Crippen LogP contribution in [-0.4, -0.2) is 36.0 Å². The summed E-state index contributed by atoms with van der Waals surface area (Å²) in [6, 6.07) is 0.863. The first-order valence-corrected chi connectivity index (χ1v) is 4.73. The van der Waals surface area contributed by atoms with Gasteiger partial charge in [0.15, 0.2) is 9.76 Å². The van der Waals surface area contributed by atoms with E-state index >= 15 is 0 Å². The largest absolute Gasteiger partial charge is 0.465 e. The van der Waals surface area contributed by atoms with Crippen molar-refractivity contribution in [3.8, 4) is 0 Å². The van der Waals surface area contributed by atoms with Crippen LogP contribution < -0.4 is 5.73 Å². The van der Waals surface area contributed by atoms with E-state index in [0.717, 1.165) is 6.04 Å². The Hall–Kier alpha value is -0.393. The number of hydrogen-bond acceptors (Lipinski definition) is 4. The number of rotatable bonds is 5. The van der Waals surface area contributed by atoms with Gasteiger partial charge in [-0.25, -0.2) is 0 Å². The van der Waals surface area contributed by atoms with Crippen LogP contribution in [0.2, 0.25) is 6.04 Å². The number of carbonyl (C=O) groups excluding carboxylic acids is 1. The molecule has 0 aromatic heterocycles. The van der Waals surface area contributed by atoms with E-state index in [2.05, 4.69) is 4.74 Å². The molecule has 2 N–H and O–H groups in total. The Labute approximate surface area is 62.6 Å². The van der Waals surface area contributed by atoms with Crippen LogP contribution in [0.5, 0.6) is 0 Å². The first-order valence-electron chi connectivity index (χ1n) is 3.16. The van der Waals surface area contributed by atoms with Crippen molar-refractivity contribution in [1.82, 2.24) is 0 Å². The molecule has 0 aliphatic heterocycles. The Morgan fingerprint density at radius 2 is 2.40 bits per heavy atom. The molecular formula is C5H13NO3Si. The fourth-order valence-corrected chi connectivity index (χ4v) is 0.999. The third-order valence-electron chi connectivity index (χ3n) is 0.923. The Kier molecular flexibility index (Phi) is 6.46. The minimum Gasteiger partial charge on any atom is -0.465 e. The molecule has 0 atom stereocenters. The van der Waals surface area contributed by atoms with Crippen molar-refractivity contribution in [2.75, 3.05) is 20.3 Å². The molecular weight excluding hydrogens is 150 g/mol. The third kappa shape index (κ3) is 5.74. The second-order valence-electron chi connectivity index (χ2n) is 1.77. The zero-order chi connectivity index (χ0) is 7.82. The molecule has 0 aliphatic rings. The monoisotopic (exact) mass is 163 g/mol. The summed E-state index contributed by atoms with van der Waals surface area (Å²) in [4.78, 5) is 10.4. The summed E-state index contributed by atoms with van der Waals surface area (Å²) < 4.78 is 9.56. The van der Waals surface area contributed by atoms with Gasteiger partial charge in [-0.1, -0.05) is 0 Å². The van der Waals surface area contributed by atoms with Crippen molar-refractivity contribution in [2.24, 2.45) is 5.73 Å². The molecule has 60 valence electrons. The van der Waals surface area contributed by atoms with Crippen molar-refractivity contribution < 1.29 is 14.0 Å². The highest BCUT2D eigenvalue weighted by Gasteiger charge is 1.96. The van der Waals surface area contributed by atoms with Crippen LogP contribution >= 0.6 is 0 Å². The van der Waals surface area contributed by atoms with E-state index in [1.165, 1.54) is 0 Å². The van der Waals surface area contributed by atoms with E-state index in [-0.39, 0.29) is 12.5 Å². The lowest BCUT2D eigenvalue weighted by Crippen LogP contribution is -2.17. The molecule has 0 rings (SSSR count). The van der Waals surface area contributed by atoms with Crippen LogP contribution in [0.15, 0.2) is 0 Å². The molecule has 0 aromatic rings. The van der Waals surface area contributed by atoms with Crippen LogP contribution in [0.4, 0.5) is 0 Å². The van der Waals surface area contributed by atoms with E-state index in [1.807, 2.05) is 0 Å². The molecule has 0 aliphatic carbocycles. The molecule has 10 heavy (non-hydrogen) atoms. The minimum atomic E-state index is -0.447. The van der Waals surface area contributed by atoms with Gasteiger partial charge in [0, 0.05) is 7.11 Å². The average Bonchev–Trinajstić information content (AvgIpc) is 1.98. The molecule has 0 fully saturated rings. The van der Waals surface area contributed by atoms with Crippen molar-refractivity contribution in [3.05, 3.63) is 0 Å². The summed E-state index contributed by atoms with van der Waals surface area (Å²) in [5.41, 5.74) is 4.99. The standard InChI is InChI=1S/C5H13NO3Si/c1-8-10-3-2-9-5(7)4-6/h2-4,6,10H2,1H3. The molecule has 0 spiro atoms. The van der Waals surface area contributed by atoms with Gasteiger partial charge >= 0.3 is 5.97 Å². The van der Waals surface area contributed by atoms with Crippen molar-refractivity contribution >= 4 is 15.7 Å². The van der Waals surface area contributed by atoms with Gasteiger partial charge in [-0.15, -0.1) is 0 Å². The first kappa shape index (κ1) is 9.61. The van der Waals surface area contributed by atoms with Crippen LogP contribution in [0.1, 0.15) is 0 Å². The molecule has 0 aromatic carbocycles. The number of nitrogens with two attached hydrogens (primary N) is 1. The highest BCUT2D eigenvalue weighted by Crippen LogP contribution is 1.82. The van der Waals surface area contributed by atoms with E-state index < -0.39 is 9.76 Å². The Morgan fingerprint density at radius 1 is 1.70 bits per heavy atom. The zero-order valence-electron chi connectivity index (χ0n) is 6.13. The summed E-state index contributed by atoms with van der Waals surface area (Å²) in [6.45, 7) is 0.421. The van der Waals surface area contributed by atoms with Gasteiger partial charge in [0.1, 0.15) is 0 Å². The Balaban J connectivity index is 2.96. The molecule has 5 heteroatoms. The maximum atomic E-state index is 10.4.